The van der Waals surface area contributed by atoms with Gasteiger partial charge in [0.25, 0.3) is 0 Å². The molecule has 21 heavy (non-hydrogen) atoms. The first-order valence-corrected chi connectivity index (χ1v) is 8.74. The van der Waals surface area contributed by atoms with Crippen LogP contribution in [0.15, 0.2) is 16.6 Å². The number of halogens is 2. The van der Waals surface area contributed by atoms with Gasteiger partial charge in [0.15, 0.2) is 0 Å². The van der Waals surface area contributed by atoms with Crippen molar-refractivity contribution in [1.29, 1.82) is 0 Å². The van der Waals surface area contributed by atoms with E-state index in [9.17, 15) is 0 Å². The van der Waals surface area contributed by atoms with Crippen LogP contribution in [0.3, 0.4) is 0 Å². The number of nitrogens with one attached hydrogen (secondary N) is 1. The Morgan fingerprint density at radius 1 is 1.48 bits per heavy atom. The monoisotopic (exact) mass is 373 g/mol. The molecule has 1 saturated heterocycles. The van der Waals surface area contributed by atoms with E-state index < -0.39 is 0 Å². The number of benzene rings is 1. The van der Waals surface area contributed by atoms with Gasteiger partial charge in [0.05, 0.1) is 19.3 Å². The summed E-state index contributed by atoms with van der Waals surface area (Å²) in [7, 11) is 0. The van der Waals surface area contributed by atoms with Crippen LogP contribution < -0.4 is 5.32 Å². The lowest BCUT2D eigenvalue weighted by atomic mass is 10.1. The van der Waals surface area contributed by atoms with Crippen LogP contribution in [0.25, 0.3) is 0 Å². The summed E-state index contributed by atoms with van der Waals surface area (Å²) in [6.45, 7) is 4.46. The molecule has 3 nitrogen and oxygen atoms in total. The lowest BCUT2D eigenvalue weighted by molar-refractivity contribution is 0.0308. The molecule has 0 amide bonds. The van der Waals surface area contributed by atoms with Gasteiger partial charge < -0.3 is 14.8 Å². The molecule has 3 rings (SSSR count). The van der Waals surface area contributed by atoms with Crippen LogP contribution in [0.1, 0.15) is 36.9 Å². The summed E-state index contributed by atoms with van der Waals surface area (Å²) < 4.78 is 12.3. The van der Waals surface area contributed by atoms with Gasteiger partial charge in [-0.05, 0) is 49.4 Å². The normalized spacial score (nSPS) is 26.0. The molecule has 1 heterocycles. The van der Waals surface area contributed by atoms with Crippen molar-refractivity contribution in [1.82, 2.24) is 5.32 Å². The molecule has 1 aromatic rings. The first-order chi connectivity index (χ1) is 10.1. The summed E-state index contributed by atoms with van der Waals surface area (Å²) in [4.78, 5) is 0. The van der Waals surface area contributed by atoms with Crippen molar-refractivity contribution in [3.05, 3.63) is 32.8 Å². The molecule has 2 aliphatic rings. The summed E-state index contributed by atoms with van der Waals surface area (Å²) in [5.74, 6) is 0. The Hall–Kier alpha value is -0.130. The maximum atomic E-state index is 6.18. The molecule has 1 aromatic carbocycles. The quantitative estimate of drug-likeness (QED) is 0.848. The van der Waals surface area contributed by atoms with E-state index in [4.69, 9.17) is 21.1 Å². The lowest BCUT2D eigenvalue weighted by Crippen LogP contribution is -2.34. The molecule has 3 atom stereocenters. The third-order valence-electron chi connectivity index (χ3n) is 4.21. The lowest BCUT2D eigenvalue weighted by Gasteiger charge is -2.22. The van der Waals surface area contributed by atoms with Crippen LogP contribution in [0, 0.1) is 0 Å². The van der Waals surface area contributed by atoms with E-state index in [1.807, 2.05) is 6.07 Å². The number of hydrogen-bond donors (Lipinski definition) is 1. The molecule has 1 aliphatic heterocycles. The fourth-order valence-electron chi connectivity index (χ4n) is 3.13. The van der Waals surface area contributed by atoms with Gasteiger partial charge in [-0.1, -0.05) is 27.5 Å². The van der Waals surface area contributed by atoms with E-state index >= 15 is 0 Å². The second-order valence-electron chi connectivity index (χ2n) is 5.93. The molecular weight excluding hydrogens is 354 g/mol. The standard InChI is InChI=1S/C16H21BrClNO2/c1-10(8-21-12-4-5-20-9-12)19-16-3-2-13-14(16)6-11(18)7-15(13)17/h6-7,10,12,16,19H,2-5,8-9H2,1H3/t10-,12+,16+/m1/s1. The highest BCUT2D eigenvalue weighted by Gasteiger charge is 2.26. The average Bonchev–Trinajstić information content (AvgIpc) is 3.07. The largest absolute Gasteiger partial charge is 0.379 e. The highest BCUT2D eigenvalue weighted by atomic mass is 79.9. The van der Waals surface area contributed by atoms with Crippen molar-refractivity contribution in [2.24, 2.45) is 0 Å². The highest BCUT2D eigenvalue weighted by molar-refractivity contribution is 9.10. The maximum Gasteiger partial charge on any atom is 0.0831 e. The molecule has 0 radical (unpaired) electrons. The van der Waals surface area contributed by atoms with Crippen molar-refractivity contribution in [2.75, 3.05) is 19.8 Å². The number of ether oxygens (including phenoxy) is 2. The molecule has 0 bridgehead atoms. The van der Waals surface area contributed by atoms with Gasteiger partial charge in [-0.25, -0.2) is 0 Å². The van der Waals surface area contributed by atoms with Gasteiger partial charge in [-0.15, -0.1) is 0 Å². The van der Waals surface area contributed by atoms with Crippen LogP contribution in [-0.2, 0) is 15.9 Å². The Morgan fingerprint density at radius 3 is 3.10 bits per heavy atom. The SMILES string of the molecule is C[C@H](CO[C@H]1CCOC1)N[C@H]1CCc2c(Br)cc(Cl)cc21. The molecular formula is C16H21BrClNO2. The molecule has 0 aromatic heterocycles. The minimum absolute atomic E-state index is 0.272. The highest BCUT2D eigenvalue weighted by Crippen LogP contribution is 2.38. The third-order valence-corrected chi connectivity index (χ3v) is 5.13. The molecule has 0 unspecified atom stereocenters. The Kier molecular flexibility index (Phi) is 5.23. The molecule has 0 spiro atoms. The first kappa shape index (κ1) is 15.8. The first-order valence-electron chi connectivity index (χ1n) is 7.56. The van der Waals surface area contributed by atoms with Crippen molar-refractivity contribution >= 4 is 27.5 Å². The van der Waals surface area contributed by atoms with Crippen molar-refractivity contribution in [3.8, 4) is 0 Å². The van der Waals surface area contributed by atoms with E-state index in [0.29, 0.717) is 12.1 Å². The van der Waals surface area contributed by atoms with E-state index in [1.54, 1.807) is 0 Å². The molecule has 1 aliphatic carbocycles. The maximum absolute atomic E-state index is 6.18. The second kappa shape index (κ2) is 6.97. The smallest absolute Gasteiger partial charge is 0.0831 e. The van der Waals surface area contributed by atoms with Crippen LogP contribution >= 0.6 is 27.5 Å². The fourth-order valence-corrected chi connectivity index (χ4v) is 4.16. The van der Waals surface area contributed by atoms with Gasteiger partial charge in [-0.2, -0.15) is 0 Å². The molecule has 1 fully saturated rings. The summed E-state index contributed by atoms with van der Waals surface area (Å²) in [5.41, 5.74) is 2.71. The van der Waals surface area contributed by atoms with Gasteiger partial charge in [0.1, 0.15) is 0 Å². The zero-order valence-electron chi connectivity index (χ0n) is 12.2. The van der Waals surface area contributed by atoms with Crippen LogP contribution in [0.4, 0.5) is 0 Å². The summed E-state index contributed by atoms with van der Waals surface area (Å²) in [5, 5.41) is 4.46. The molecule has 1 N–H and O–H groups in total. The van der Waals surface area contributed by atoms with Crippen molar-refractivity contribution in [3.63, 3.8) is 0 Å². The van der Waals surface area contributed by atoms with E-state index in [1.165, 1.54) is 11.1 Å². The van der Waals surface area contributed by atoms with Crippen LogP contribution in [0.5, 0.6) is 0 Å². The van der Waals surface area contributed by atoms with Crippen LogP contribution in [0.2, 0.25) is 5.02 Å². The number of hydrogen-bond acceptors (Lipinski definition) is 3. The fraction of sp³-hybridized carbons (Fsp3) is 0.625. The Balaban J connectivity index is 1.57. The molecule has 5 heteroatoms. The summed E-state index contributed by atoms with van der Waals surface area (Å²) in [6, 6.07) is 4.76. The Morgan fingerprint density at radius 2 is 2.33 bits per heavy atom. The summed E-state index contributed by atoms with van der Waals surface area (Å²) in [6.07, 6.45) is 3.50. The molecule has 116 valence electrons. The van der Waals surface area contributed by atoms with Gasteiger partial charge in [0, 0.05) is 28.2 Å². The zero-order valence-corrected chi connectivity index (χ0v) is 14.5. The van der Waals surface area contributed by atoms with Gasteiger partial charge >= 0.3 is 0 Å². The van der Waals surface area contributed by atoms with Gasteiger partial charge in [-0.3, -0.25) is 0 Å². The van der Waals surface area contributed by atoms with Gasteiger partial charge in [0.2, 0.25) is 0 Å². The number of fused-ring (bicyclic) bond motifs is 1. The Bertz CT molecular complexity index is 505. The minimum Gasteiger partial charge on any atom is -0.379 e. The summed E-state index contributed by atoms with van der Waals surface area (Å²) >= 11 is 9.80. The van der Waals surface area contributed by atoms with Crippen molar-refractivity contribution < 1.29 is 9.47 Å². The zero-order chi connectivity index (χ0) is 14.8. The third kappa shape index (κ3) is 3.80. The van der Waals surface area contributed by atoms with E-state index in [-0.39, 0.29) is 6.10 Å². The van der Waals surface area contributed by atoms with Crippen molar-refractivity contribution in [2.45, 2.75) is 44.4 Å². The predicted octanol–water partition coefficient (Wildman–Crippen LogP) is 3.87. The second-order valence-corrected chi connectivity index (χ2v) is 7.22. The van der Waals surface area contributed by atoms with E-state index in [2.05, 4.69) is 34.2 Å². The van der Waals surface area contributed by atoms with E-state index in [0.717, 1.165) is 48.6 Å². The van der Waals surface area contributed by atoms with Crippen LogP contribution in [-0.4, -0.2) is 32.0 Å². The predicted molar refractivity (Wildman–Crippen MR) is 88.0 cm³/mol. The molecule has 0 saturated carbocycles. The minimum atomic E-state index is 0.272. The Labute approximate surface area is 139 Å². The topological polar surface area (TPSA) is 30.5 Å². The number of rotatable bonds is 5. The average molecular weight is 375 g/mol.